The Morgan fingerprint density at radius 1 is 0.507 bits per heavy atom. The quantitative estimate of drug-likeness (QED) is 0.0192. The third-order valence-corrected chi connectivity index (χ3v) is 29.3. The Bertz CT molecular complexity index is 4340. The first-order valence-corrected chi connectivity index (χ1v) is 49.9. The summed E-state index contributed by atoms with van der Waals surface area (Å²) in [5.41, 5.74) is -2.39. The van der Waals surface area contributed by atoms with Gasteiger partial charge in [-0.15, -0.1) is 0 Å². The second kappa shape index (κ2) is 54.7. The van der Waals surface area contributed by atoms with E-state index < -0.39 is 258 Å². The summed E-state index contributed by atoms with van der Waals surface area (Å²) >= 11 is 0. The zero-order valence-electron chi connectivity index (χ0n) is 87.3. The zero-order chi connectivity index (χ0) is 104. The first-order valence-electron chi connectivity index (χ1n) is 49.9. The summed E-state index contributed by atoms with van der Waals surface area (Å²) in [6.45, 7) is 31.5. The maximum Gasteiger partial charge on any atom is 0.309 e. The van der Waals surface area contributed by atoms with E-state index in [2.05, 4.69) is 0 Å². The SMILES string of the molecule is C/C=C/C[C@@H](C)[C@@H](CC(=O)OCOC(=O)CCC(=O)OCCOCCOCCOC(=O)CCC(=O)OCC(=O)[C@@]1(O)CCC2C3CCC4=CC(=O)C=C[C@]4(C)C3[C@@H](O)C[C@@]21C)C1C(=O)CC(CC)C(=O)N(C)CC(=O)N(C)[C@@H](CC(C)C)C(=O)CC(C(C)C)C(=O)N(C)C(CC(C)C)C(=O)CC(C)C(=O)CC(C)C(=O)N(C)C(CC(C)C)C(=O)N(C)C(CC(C)C)C(=O)N(C)C(C(C)C)C(=O)N1C. The number of rotatable bonds is 37. The van der Waals surface area contributed by atoms with Crippen LogP contribution in [0.25, 0.3) is 0 Å². The molecule has 34 heteroatoms. The van der Waals surface area contributed by atoms with Gasteiger partial charge in [-0.3, -0.25) is 86.3 Å². The minimum absolute atomic E-state index is 0.0151. The topological polar surface area (TPSA) is 435 Å². The van der Waals surface area contributed by atoms with Crippen LogP contribution in [0.3, 0.4) is 0 Å². The predicted octanol–water partition coefficient (Wildman–Crippen LogP) is 10.1. The number of aliphatic hydroxyl groups excluding tert-OH is 1. The Kier molecular flexibility index (Phi) is 47.2. The van der Waals surface area contributed by atoms with Gasteiger partial charge in [0.1, 0.15) is 42.7 Å². The number of carbonyl (C=O) groups is 18. The number of Topliss-reactive ketones (excluding diaryl/α,β-unsaturated/α-hetero) is 5. The first kappa shape index (κ1) is 119. The van der Waals surface area contributed by atoms with Crippen molar-refractivity contribution in [2.45, 2.75) is 308 Å². The van der Waals surface area contributed by atoms with Crippen molar-refractivity contribution in [2.75, 3.05) is 109 Å². The Morgan fingerprint density at radius 2 is 0.978 bits per heavy atom. The lowest BCUT2D eigenvalue weighted by atomic mass is 9.46. The molecule has 5 rings (SSSR count). The van der Waals surface area contributed by atoms with Gasteiger partial charge in [0.15, 0.2) is 29.7 Å². The van der Waals surface area contributed by atoms with Crippen molar-refractivity contribution in [1.82, 2.24) is 34.3 Å². The summed E-state index contributed by atoms with van der Waals surface area (Å²) < 4.78 is 37.4. The number of aliphatic hydroxyl groups is 2. The molecule has 7 amide bonds. The number of likely N-dealkylation sites (N-methyl/N-ethyl adjacent to an activating group) is 7. The van der Waals surface area contributed by atoms with Crippen molar-refractivity contribution in [3.8, 4) is 0 Å². The average molecular weight is 1950 g/mol. The van der Waals surface area contributed by atoms with E-state index >= 15 is 24.0 Å². The number of hydrogen-bond acceptors (Lipinski definition) is 27. The Morgan fingerprint density at radius 3 is 1.50 bits per heavy atom. The highest BCUT2D eigenvalue weighted by molar-refractivity contribution is 6.02. The van der Waals surface area contributed by atoms with Gasteiger partial charge in [0.2, 0.25) is 53.9 Å². The highest BCUT2D eigenvalue weighted by Crippen LogP contribution is 2.67. The molecule has 0 aromatic heterocycles. The van der Waals surface area contributed by atoms with Crippen LogP contribution in [0.4, 0.5) is 0 Å². The molecule has 1 saturated heterocycles. The van der Waals surface area contributed by atoms with Gasteiger partial charge >= 0.3 is 29.8 Å². The van der Waals surface area contributed by atoms with Crippen molar-refractivity contribution < 1.29 is 130 Å². The number of carbonyl (C=O) groups excluding carboxylic acids is 18. The van der Waals surface area contributed by atoms with Crippen LogP contribution in [0.1, 0.15) is 260 Å². The average Bonchev–Trinajstić information content (AvgIpc) is 1.51. The lowest BCUT2D eigenvalue weighted by molar-refractivity contribution is -0.181. The van der Waals surface area contributed by atoms with Crippen LogP contribution in [-0.4, -0.2) is 307 Å². The van der Waals surface area contributed by atoms with Crippen LogP contribution in [0.2, 0.25) is 0 Å². The maximum atomic E-state index is 16.0. The number of amides is 7. The minimum Gasteiger partial charge on any atom is -0.463 e. The molecule has 1 aliphatic heterocycles. The second-order valence-corrected chi connectivity index (χ2v) is 42.3. The van der Waals surface area contributed by atoms with Crippen molar-refractivity contribution >= 4 is 106 Å². The molecule has 2 N–H and O–H groups in total. The van der Waals surface area contributed by atoms with E-state index in [1.165, 1.54) is 78.7 Å². The molecule has 4 fully saturated rings. The van der Waals surface area contributed by atoms with Crippen LogP contribution in [-0.2, 0) is 119 Å². The lowest BCUT2D eigenvalue weighted by Crippen LogP contribution is -2.61. The molecule has 5 aliphatic rings. The number of hydrogen-bond donors (Lipinski definition) is 2. The highest BCUT2D eigenvalue weighted by atomic mass is 16.7. The molecule has 12 unspecified atom stereocenters. The molecule has 0 aromatic rings. The molecule has 4 aliphatic carbocycles. The molecular weight excluding hydrogens is 1780 g/mol. The fourth-order valence-corrected chi connectivity index (χ4v) is 21.1. The molecule has 0 spiro atoms. The molecule has 34 nitrogen and oxygen atoms in total. The molecule has 3 saturated carbocycles. The van der Waals surface area contributed by atoms with E-state index in [4.69, 9.17) is 33.2 Å². The Hall–Kier alpha value is -9.28. The smallest absolute Gasteiger partial charge is 0.309 e. The number of fused-ring (bicyclic) bond motifs is 5. The summed E-state index contributed by atoms with van der Waals surface area (Å²) in [6.07, 6.45) is 7.08. The van der Waals surface area contributed by atoms with Crippen LogP contribution >= 0.6 is 0 Å². The number of esters is 5. The number of ether oxygens (including phenoxy) is 7. The van der Waals surface area contributed by atoms with Gasteiger partial charge in [0.25, 0.3) is 0 Å². The van der Waals surface area contributed by atoms with Crippen molar-refractivity contribution in [3.63, 3.8) is 0 Å². The van der Waals surface area contributed by atoms with E-state index in [1.54, 1.807) is 86.6 Å². The standard InChI is InChI=1S/C104H165N7O27/c1-27-29-30-67(15)75(56-92(124)138-60-137-91(123)36-34-89(121)135-46-44-133-42-41-132-43-45-134-88(120)33-35-90(122)136-59-86(118)104(131)40-38-76-73-32-31-71-54-72(112)37-39-102(71,18)93(73)85(117)57-103(76,104)19)95-84(116)53-70(28-2)97(126)105(20)58-87(119)106(21)77(47-61(3)4)83(115)55-74(65(11)12)98(127)107(22)78(48-62(5)6)82(114)51-68(16)81(113)52-69(17)96(125)108(23)79(49-63(7)8)99(128)109(24)80(50-64(9)10)100(129)110(25)94(66(13)14)101(130)111(95)26/h27,29,37,39,54,61-70,73-80,85,93-95,117,131H,28,30-36,38,40-53,55-60H2,1-26H3/b29-27+/t67-,68?,69?,70?,73?,74?,75-,76?,77+,78?,79?,80?,85+,93?,94?,95?,102+,103+,104+/m1/s1. The Labute approximate surface area is 818 Å². The van der Waals surface area contributed by atoms with Crippen LogP contribution in [0.15, 0.2) is 36.0 Å². The summed E-state index contributed by atoms with van der Waals surface area (Å²) in [5.74, 6) is -19.3. The molecule has 778 valence electrons. The third kappa shape index (κ3) is 32.1. The largest absolute Gasteiger partial charge is 0.463 e. The molecule has 1 heterocycles. The van der Waals surface area contributed by atoms with Crippen LogP contribution < -0.4 is 0 Å². The van der Waals surface area contributed by atoms with Gasteiger partial charge in [-0.05, 0) is 149 Å². The molecule has 19 atom stereocenters. The van der Waals surface area contributed by atoms with Gasteiger partial charge in [-0.2, -0.15) is 0 Å². The van der Waals surface area contributed by atoms with Gasteiger partial charge in [-0.25, -0.2) is 0 Å². The lowest BCUT2D eigenvalue weighted by Gasteiger charge is -2.59. The maximum absolute atomic E-state index is 16.0. The number of nitrogens with zero attached hydrogens (tertiary/aromatic N) is 7. The van der Waals surface area contributed by atoms with Crippen molar-refractivity contribution in [2.24, 2.45) is 99.6 Å². The number of ketones is 6. The number of allylic oxidation sites excluding steroid dienone is 6. The molecule has 138 heavy (non-hydrogen) atoms. The predicted molar refractivity (Wildman–Crippen MR) is 513 cm³/mol. The van der Waals surface area contributed by atoms with E-state index in [9.17, 15) is 72.5 Å². The van der Waals surface area contributed by atoms with Gasteiger partial charge in [0.05, 0.1) is 89.3 Å². The summed E-state index contributed by atoms with van der Waals surface area (Å²) in [5, 5.41) is 23.7. The minimum atomic E-state index is -1.86. The van der Waals surface area contributed by atoms with E-state index in [0.717, 1.165) is 10.5 Å². The fraction of sp³-hybridized carbons (Fsp3) is 0.769. The molecule has 0 radical (unpaired) electrons. The summed E-state index contributed by atoms with van der Waals surface area (Å²) in [6, 6.07) is -7.46. The summed E-state index contributed by atoms with van der Waals surface area (Å²) in [4.78, 5) is 266. The normalized spacial score (nSPS) is 28.4. The first-order chi connectivity index (χ1) is 64.5. The second-order valence-electron chi connectivity index (χ2n) is 42.3. The fourth-order valence-electron chi connectivity index (χ4n) is 21.1. The van der Waals surface area contributed by atoms with Crippen molar-refractivity contribution in [1.29, 1.82) is 0 Å². The molecule has 0 aromatic carbocycles. The highest BCUT2D eigenvalue weighted by Gasteiger charge is 2.68. The Balaban J connectivity index is 1.28. The van der Waals surface area contributed by atoms with Gasteiger partial charge in [-0.1, -0.05) is 148 Å². The van der Waals surface area contributed by atoms with Crippen LogP contribution in [0.5, 0.6) is 0 Å². The van der Waals surface area contributed by atoms with Crippen LogP contribution in [0, 0.1) is 99.6 Å². The zero-order valence-corrected chi connectivity index (χ0v) is 87.3. The van der Waals surface area contributed by atoms with E-state index in [1.807, 2.05) is 75.3 Å². The van der Waals surface area contributed by atoms with Gasteiger partial charge < -0.3 is 77.7 Å². The van der Waals surface area contributed by atoms with E-state index in [-0.39, 0.29) is 164 Å². The molecular formula is C104H165N7O27. The summed E-state index contributed by atoms with van der Waals surface area (Å²) in [7, 11) is 10.0. The third-order valence-electron chi connectivity index (χ3n) is 29.3. The monoisotopic (exact) mass is 1940 g/mol. The van der Waals surface area contributed by atoms with E-state index in [0.29, 0.717) is 19.3 Å². The van der Waals surface area contributed by atoms with Gasteiger partial charge in [0, 0.05) is 115 Å². The van der Waals surface area contributed by atoms with Crippen molar-refractivity contribution in [3.05, 3.63) is 36.0 Å². The molecule has 0 bridgehead atoms.